The third kappa shape index (κ3) is 3.57. The highest BCUT2D eigenvalue weighted by molar-refractivity contribution is 6.43. The Kier molecular flexibility index (Phi) is 4.09. The van der Waals surface area contributed by atoms with Crippen LogP contribution in [0.3, 0.4) is 0 Å². The molecule has 0 aliphatic rings. The summed E-state index contributed by atoms with van der Waals surface area (Å²) >= 11 is 0. The van der Waals surface area contributed by atoms with E-state index in [0.717, 1.165) is 11.3 Å². The summed E-state index contributed by atoms with van der Waals surface area (Å²) in [5.74, 6) is -1.59. The highest BCUT2D eigenvalue weighted by Crippen LogP contribution is 2.12. The van der Waals surface area contributed by atoms with Gasteiger partial charge >= 0.3 is 0 Å². The number of nitrogens with one attached hydrogen (secondary N) is 2. The van der Waals surface area contributed by atoms with Crippen LogP contribution in [0, 0.1) is 5.82 Å². The molecule has 116 valence electrons. The van der Waals surface area contributed by atoms with Crippen molar-refractivity contribution in [2.75, 3.05) is 0 Å². The number of aromatic nitrogens is 4. The average Bonchev–Trinajstić information content (AvgIpc) is 3.21. The van der Waals surface area contributed by atoms with E-state index in [-0.39, 0.29) is 18.1 Å². The van der Waals surface area contributed by atoms with Gasteiger partial charge in [0, 0.05) is 24.7 Å². The number of Topliss-reactive ketones (excluding diaryl/α,β-unsaturated/α-hetero) is 2. The highest BCUT2D eigenvalue weighted by Gasteiger charge is 2.19. The van der Waals surface area contributed by atoms with Crippen LogP contribution >= 0.6 is 0 Å². The summed E-state index contributed by atoms with van der Waals surface area (Å²) in [4.78, 5) is 30.5. The third-order valence-corrected chi connectivity index (χ3v) is 3.36. The van der Waals surface area contributed by atoms with Crippen LogP contribution in [0.1, 0.15) is 27.4 Å². The zero-order valence-electron chi connectivity index (χ0n) is 12.0. The van der Waals surface area contributed by atoms with Crippen LogP contribution in [-0.2, 0) is 17.6 Å². The molecule has 6 nitrogen and oxygen atoms in total. The second-order valence-corrected chi connectivity index (χ2v) is 5.10. The predicted octanol–water partition coefficient (Wildman–Crippen LogP) is 1.86. The lowest BCUT2D eigenvalue weighted by molar-refractivity contribution is -0.114. The minimum atomic E-state index is -0.691. The van der Waals surface area contributed by atoms with Gasteiger partial charge in [0.1, 0.15) is 12.1 Å². The minimum Gasteiger partial charge on any atom is -0.364 e. The van der Waals surface area contributed by atoms with Crippen LogP contribution in [-0.4, -0.2) is 31.7 Å². The molecule has 0 aliphatic carbocycles. The number of H-pyrrole nitrogens is 2. The van der Waals surface area contributed by atoms with Gasteiger partial charge in [0.2, 0.25) is 5.78 Å². The Hall–Kier alpha value is -3.09. The Balaban J connectivity index is 1.64. The smallest absolute Gasteiger partial charge is 0.265 e. The Morgan fingerprint density at radius 3 is 2.61 bits per heavy atom. The molecule has 0 saturated carbocycles. The van der Waals surface area contributed by atoms with Gasteiger partial charge in [-0.05, 0) is 29.3 Å². The summed E-state index contributed by atoms with van der Waals surface area (Å²) in [6.07, 6.45) is 3.44. The lowest BCUT2D eigenvalue weighted by Gasteiger charge is -1.98. The van der Waals surface area contributed by atoms with Crippen LogP contribution in [0.15, 0.2) is 42.9 Å². The lowest BCUT2D eigenvalue weighted by atomic mass is 10.1. The van der Waals surface area contributed by atoms with E-state index in [4.69, 9.17) is 0 Å². The van der Waals surface area contributed by atoms with Crippen molar-refractivity contribution >= 4 is 11.6 Å². The largest absolute Gasteiger partial charge is 0.364 e. The fourth-order valence-corrected chi connectivity index (χ4v) is 2.23. The number of ketones is 2. The molecule has 7 heteroatoms. The highest BCUT2D eigenvalue weighted by atomic mass is 19.1. The normalized spacial score (nSPS) is 10.7. The van der Waals surface area contributed by atoms with Crippen molar-refractivity contribution in [3.8, 4) is 0 Å². The first kappa shape index (κ1) is 14.8. The van der Waals surface area contributed by atoms with E-state index in [1.165, 1.54) is 18.5 Å². The molecule has 0 unspecified atom stereocenters. The maximum Gasteiger partial charge on any atom is 0.265 e. The fraction of sp³-hybridized carbons (Fsp3) is 0.125. The van der Waals surface area contributed by atoms with Crippen molar-refractivity contribution < 1.29 is 14.0 Å². The second-order valence-electron chi connectivity index (χ2n) is 5.10. The Morgan fingerprint density at radius 1 is 1.13 bits per heavy atom. The van der Waals surface area contributed by atoms with Crippen LogP contribution in [0.4, 0.5) is 4.39 Å². The maximum atomic E-state index is 12.9. The van der Waals surface area contributed by atoms with Crippen LogP contribution < -0.4 is 0 Å². The first-order valence-corrected chi connectivity index (χ1v) is 6.95. The number of halogens is 1. The average molecular weight is 312 g/mol. The van der Waals surface area contributed by atoms with Crippen LogP contribution in [0.5, 0.6) is 0 Å². The van der Waals surface area contributed by atoms with Crippen LogP contribution in [0.2, 0.25) is 0 Å². The summed E-state index contributed by atoms with van der Waals surface area (Å²) in [7, 11) is 0. The van der Waals surface area contributed by atoms with E-state index in [9.17, 15) is 14.0 Å². The van der Waals surface area contributed by atoms with Gasteiger partial charge in [-0.15, -0.1) is 0 Å². The molecule has 0 aliphatic heterocycles. The summed E-state index contributed by atoms with van der Waals surface area (Å²) < 4.78 is 12.9. The number of aromatic amines is 2. The van der Waals surface area contributed by atoms with Crippen molar-refractivity contribution in [3.05, 3.63) is 71.3 Å². The zero-order chi connectivity index (χ0) is 16.2. The summed E-state index contributed by atoms with van der Waals surface area (Å²) in [5.41, 5.74) is 2.54. The SMILES string of the molecule is O=C(Cc1c[nH]c(Cc2ccc(F)cc2)c1)C(=O)c1ncn[nH]1. The van der Waals surface area contributed by atoms with E-state index in [2.05, 4.69) is 20.2 Å². The van der Waals surface area contributed by atoms with E-state index < -0.39 is 11.6 Å². The molecule has 2 N–H and O–H groups in total. The Labute approximate surface area is 130 Å². The van der Waals surface area contributed by atoms with Gasteiger partial charge in [-0.25, -0.2) is 9.37 Å². The van der Waals surface area contributed by atoms with E-state index >= 15 is 0 Å². The van der Waals surface area contributed by atoms with E-state index in [1.807, 2.05) is 6.07 Å². The molecule has 0 radical (unpaired) electrons. The molecule has 0 bridgehead atoms. The zero-order valence-corrected chi connectivity index (χ0v) is 12.0. The minimum absolute atomic E-state index is 0.0144. The Morgan fingerprint density at radius 2 is 1.91 bits per heavy atom. The number of nitrogens with zero attached hydrogens (tertiary/aromatic N) is 2. The second kappa shape index (κ2) is 6.35. The predicted molar refractivity (Wildman–Crippen MR) is 79.4 cm³/mol. The number of rotatable bonds is 6. The molecule has 0 spiro atoms. The van der Waals surface area contributed by atoms with Gasteiger partial charge < -0.3 is 4.98 Å². The summed E-state index contributed by atoms with van der Waals surface area (Å²) in [5, 5.41) is 5.92. The number of carbonyl (C=O) groups is 2. The summed E-state index contributed by atoms with van der Waals surface area (Å²) in [6.45, 7) is 0. The molecule has 3 aromatic rings. The monoisotopic (exact) mass is 312 g/mol. The van der Waals surface area contributed by atoms with Gasteiger partial charge in [-0.1, -0.05) is 12.1 Å². The molecule has 1 aromatic carbocycles. The molecule has 0 amide bonds. The van der Waals surface area contributed by atoms with Crippen molar-refractivity contribution in [2.24, 2.45) is 0 Å². The molecule has 2 aromatic heterocycles. The van der Waals surface area contributed by atoms with Gasteiger partial charge in [0.05, 0.1) is 0 Å². The van der Waals surface area contributed by atoms with Gasteiger partial charge in [0.25, 0.3) is 5.78 Å². The van der Waals surface area contributed by atoms with E-state index in [1.54, 1.807) is 18.3 Å². The lowest BCUT2D eigenvalue weighted by Crippen LogP contribution is -2.17. The molecular formula is C16H13FN4O2. The standard InChI is InChI=1S/C16H13FN4O2/c17-12-3-1-10(2-4-12)5-13-6-11(8-18-13)7-14(22)15(23)16-19-9-20-21-16/h1-4,6,8-9,18H,5,7H2,(H,19,20,21). The molecule has 0 atom stereocenters. The topological polar surface area (TPSA) is 91.5 Å². The van der Waals surface area contributed by atoms with Crippen molar-refractivity contribution in [3.63, 3.8) is 0 Å². The van der Waals surface area contributed by atoms with Gasteiger partial charge in [-0.2, -0.15) is 5.10 Å². The quantitative estimate of drug-likeness (QED) is 0.537. The number of hydrogen-bond donors (Lipinski definition) is 2. The number of benzene rings is 1. The number of carbonyl (C=O) groups excluding carboxylic acids is 2. The van der Waals surface area contributed by atoms with E-state index in [0.29, 0.717) is 12.0 Å². The number of hydrogen-bond acceptors (Lipinski definition) is 4. The molecule has 0 fully saturated rings. The molecule has 0 saturated heterocycles. The fourth-order valence-electron chi connectivity index (χ4n) is 2.23. The molecular weight excluding hydrogens is 299 g/mol. The first-order valence-electron chi connectivity index (χ1n) is 6.95. The summed E-state index contributed by atoms with van der Waals surface area (Å²) in [6, 6.07) is 8.02. The first-order chi connectivity index (χ1) is 11.1. The van der Waals surface area contributed by atoms with Crippen LogP contribution in [0.25, 0.3) is 0 Å². The third-order valence-electron chi connectivity index (χ3n) is 3.36. The molecule has 3 rings (SSSR count). The van der Waals surface area contributed by atoms with Crippen molar-refractivity contribution in [1.82, 2.24) is 20.2 Å². The van der Waals surface area contributed by atoms with Crippen molar-refractivity contribution in [1.29, 1.82) is 0 Å². The van der Waals surface area contributed by atoms with Gasteiger partial charge in [-0.3, -0.25) is 14.7 Å². The van der Waals surface area contributed by atoms with Gasteiger partial charge in [0.15, 0.2) is 5.82 Å². The Bertz CT molecular complexity index is 822. The maximum absolute atomic E-state index is 12.9. The molecule has 2 heterocycles. The van der Waals surface area contributed by atoms with Crippen molar-refractivity contribution in [2.45, 2.75) is 12.8 Å². The molecule has 23 heavy (non-hydrogen) atoms.